The maximum absolute atomic E-state index is 12.0. The van der Waals surface area contributed by atoms with Gasteiger partial charge in [0.1, 0.15) is 0 Å². The van der Waals surface area contributed by atoms with E-state index in [4.69, 9.17) is 23.2 Å². The fourth-order valence-corrected chi connectivity index (χ4v) is 2.17. The average molecular weight is 323 g/mol. The molecule has 0 aromatic heterocycles. The standard InChI is InChI=1S/C16H16Cl2N2O/c1-10-4-3-5-15(11(10)2)20-16(21)9-19-12-6-7-13(17)14(18)8-12/h3-8,19H,9H2,1-2H3,(H,20,21). The summed E-state index contributed by atoms with van der Waals surface area (Å²) in [4.78, 5) is 12.0. The van der Waals surface area contributed by atoms with Crippen LogP contribution in [0.25, 0.3) is 0 Å². The number of hydrogen-bond donors (Lipinski definition) is 2. The highest BCUT2D eigenvalue weighted by Gasteiger charge is 2.06. The van der Waals surface area contributed by atoms with Gasteiger partial charge in [-0.2, -0.15) is 0 Å². The Hall–Kier alpha value is -1.71. The van der Waals surface area contributed by atoms with Crippen LogP contribution in [0.3, 0.4) is 0 Å². The van der Waals surface area contributed by atoms with Crippen LogP contribution in [0.5, 0.6) is 0 Å². The molecule has 2 rings (SSSR count). The van der Waals surface area contributed by atoms with Gasteiger partial charge in [-0.1, -0.05) is 35.3 Å². The molecule has 5 heteroatoms. The van der Waals surface area contributed by atoms with E-state index in [1.165, 1.54) is 0 Å². The molecule has 0 saturated heterocycles. The highest BCUT2D eigenvalue weighted by Crippen LogP contribution is 2.25. The Morgan fingerprint density at radius 2 is 1.86 bits per heavy atom. The van der Waals surface area contributed by atoms with Gasteiger partial charge in [-0.05, 0) is 49.2 Å². The fourth-order valence-electron chi connectivity index (χ4n) is 1.87. The van der Waals surface area contributed by atoms with Crippen molar-refractivity contribution in [2.45, 2.75) is 13.8 Å². The minimum atomic E-state index is -0.116. The van der Waals surface area contributed by atoms with Crippen molar-refractivity contribution >= 4 is 40.5 Å². The number of nitrogens with one attached hydrogen (secondary N) is 2. The van der Waals surface area contributed by atoms with E-state index in [9.17, 15) is 4.79 Å². The normalized spacial score (nSPS) is 10.3. The Balaban J connectivity index is 1.96. The van der Waals surface area contributed by atoms with E-state index in [2.05, 4.69) is 10.6 Å². The molecular formula is C16H16Cl2N2O. The molecule has 21 heavy (non-hydrogen) atoms. The van der Waals surface area contributed by atoms with Crippen LogP contribution < -0.4 is 10.6 Å². The van der Waals surface area contributed by atoms with E-state index < -0.39 is 0 Å². The van der Waals surface area contributed by atoms with E-state index in [1.54, 1.807) is 18.2 Å². The van der Waals surface area contributed by atoms with Crippen LogP contribution in [0.15, 0.2) is 36.4 Å². The van der Waals surface area contributed by atoms with E-state index in [1.807, 2.05) is 32.0 Å². The lowest BCUT2D eigenvalue weighted by molar-refractivity contribution is -0.114. The molecule has 0 bridgehead atoms. The topological polar surface area (TPSA) is 41.1 Å². The number of benzene rings is 2. The largest absolute Gasteiger partial charge is 0.376 e. The van der Waals surface area contributed by atoms with Crippen molar-refractivity contribution in [3.63, 3.8) is 0 Å². The molecule has 0 heterocycles. The summed E-state index contributed by atoms with van der Waals surface area (Å²) in [7, 11) is 0. The van der Waals surface area contributed by atoms with Crippen molar-refractivity contribution in [1.29, 1.82) is 0 Å². The molecule has 0 aliphatic carbocycles. The second-order valence-corrected chi connectivity index (χ2v) is 5.59. The van der Waals surface area contributed by atoms with Crippen molar-refractivity contribution < 1.29 is 4.79 Å². The fraction of sp³-hybridized carbons (Fsp3) is 0.188. The van der Waals surface area contributed by atoms with Crippen LogP contribution in [-0.4, -0.2) is 12.5 Å². The summed E-state index contributed by atoms with van der Waals surface area (Å²) in [6.45, 7) is 4.15. The molecule has 2 aromatic carbocycles. The lowest BCUT2D eigenvalue weighted by Crippen LogP contribution is -2.22. The number of anilines is 2. The predicted octanol–water partition coefficient (Wildman–Crippen LogP) is 4.66. The second-order valence-electron chi connectivity index (χ2n) is 4.78. The first-order chi connectivity index (χ1) is 9.97. The number of hydrogen-bond acceptors (Lipinski definition) is 2. The van der Waals surface area contributed by atoms with Gasteiger partial charge in [0.15, 0.2) is 0 Å². The molecule has 0 atom stereocenters. The number of halogens is 2. The molecule has 0 radical (unpaired) electrons. The molecule has 0 fully saturated rings. The number of rotatable bonds is 4. The Morgan fingerprint density at radius 1 is 1.10 bits per heavy atom. The molecular weight excluding hydrogens is 307 g/mol. The Labute approximate surface area is 134 Å². The molecule has 0 aliphatic heterocycles. The van der Waals surface area contributed by atoms with Gasteiger partial charge in [0.25, 0.3) is 0 Å². The number of amides is 1. The lowest BCUT2D eigenvalue weighted by Gasteiger charge is -2.11. The van der Waals surface area contributed by atoms with E-state index >= 15 is 0 Å². The van der Waals surface area contributed by atoms with Gasteiger partial charge in [-0.3, -0.25) is 4.79 Å². The van der Waals surface area contributed by atoms with Crippen molar-refractivity contribution in [2.75, 3.05) is 17.2 Å². The van der Waals surface area contributed by atoms with Gasteiger partial charge in [0.2, 0.25) is 5.91 Å². The first kappa shape index (κ1) is 15.7. The van der Waals surface area contributed by atoms with Crippen molar-refractivity contribution in [3.05, 3.63) is 57.6 Å². The van der Waals surface area contributed by atoms with Gasteiger partial charge in [-0.15, -0.1) is 0 Å². The zero-order valence-corrected chi connectivity index (χ0v) is 13.3. The smallest absolute Gasteiger partial charge is 0.243 e. The summed E-state index contributed by atoms with van der Waals surface area (Å²) >= 11 is 11.8. The summed E-state index contributed by atoms with van der Waals surface area (Å²) in [5, 5.41) is 6.84. The maximum atomic E-state index is 12.0. The van der Waals surface area contributed by atoms with Gasteiger partial charge in [0.05, 0.1) is 16.6 Å². The molecule has 3 nitrogen and oxygen atoms in total. The van der Waals surface area contributed by atoms with Gasteiger partial charge in [0, 0.05) is 11.4 Å². The number of carbonyl (C=O) groups excluding carboxylic acids is 1. The van der Waals surface area contributed by atoms with Gasteiger partial charge in [-0.25, -0.2) is 0 Å². The third kappa shape index (κ3) is 4.13. The minimum absolute atomic E-state index is 0.116. The van der Waals surface area contributed by atoms with Crippen LogP contribution >= 0.6 is 23.2 Å². The lowest BCUT2D eigenvalue weighted by atomic mass is 10.1. The molecule has 0 saturated carbocycles. The summed E-state index contributed by atoms with van der Waals surface area (Å²) in [6.07, 6.45) is 0. The molecule has 0 aliphatic rings. The maximum Gasteiger partial charge on any atom is 0.243 e. The van der Waals surface area contributed by atoms with Crippen molar-refractivity contribution in [3.8, 4) is 0 Å². The Morgan fingerprint density at radius 3 is 2.57 bits per heavy atom. The van der Waals surface area contributed by atoms with Crippen molar-refractivity contribution in [1.82, 2.24) is 0 Å². The third-order valence-corrected chi connectivity index (χ3v) is 3.99. The van der Waals surface area contributed by atoms with Crippen LogP contribution in [-0.2, 0) is 4.79 Å². The molecule has 110 valence electrons. The van der Waals surface area contributed by atoms with E-state index in [-0.39, 0.29) is 12.5 Å². The summed E-state index contributed by atoms with van der Waals surface area (Å²) in [5.74, 6) is -0.116. The monoisotopic (exact) mass is 322 g/mol. The second kappa shape index (κ2) is 6.83. The summed E-state index contributed by atoms with van der Waals surface area (Å²) in [6, 6.07) is 11.0. The van der Waals surface area contributed by atoms with Crippen LogP contribution in [0.2, 0.25) is 10.0 Å². The third-order valence-electron chi connectivity index (χ3n) is 3.25. The Bertz CT molecular complexity index is 671. The molecule has 2 aromatic rings. The zero-order valence-electron chi connectivity index (χ0n) is 11.8. The predicted molar refractivity (Wildman–Crippen MR) is 89.5 cm³/mol. The highest BCUT2D eigenvalue weighted by molar-refractivity contribution is 6.42. The summed E-state index contributed by atoms with van der Waals surface area (Å²) < 4.78 is 0. The Kier molecular flexibility index (Phi) is 5.10. The quantitative estimate of drug-likeness (QED) is 0.859. The first-order valence-electron chi connectivity index (χ1n) is 6.52. The average Bonchev–Trinajstić information content (AvgIpc) is 2.45. The van der Waals surface area contributed by atoms with Crippen LogP contribution in [0.4, 0.5) is 11.4 Å². The highest BCUT2D eigenvalue weighted by atomic mass is 35.5. The van der Waals surface area contributed by atoms with E-state index in [0.29, 0.717) is 10.0 Å². The van der Waals surface area contributed by atoms with E-state index in [0.717, 1.165) is 22.5 Å². The zero-order chi connectivity index (χ0) is 15.4. The van der Waals surface area contributed by atoms with Crippen LogP contribution in [0, 0.1) is 13.8 Å². The minimum Gasteiger partial charge on any atom is -0.376 e. The summed E-state index contributed by atoms with van der Waals surface area (Å²) in [5.41, 5.74) is 3.79. The first-order valence-corrected chi connectivity index (χ1v) is 7.28. The number of aryl methyl sites for hydroxylation is 1. The molecule has 1 amide bonds. The van der Waals surface area contributed by atoms with Gasteiger partial charge >= 0.3 is 0 Å². The van der Waals surface area contributed by atoms with Crippen LogP contribution in [0.1, 0.15) is 11.1 Å². The SMILES string of the molecule is Cc1cccc(NC(=O)CNc2ccc(Cl)c(Cl)c2)c1C. The van der Waals surface area contributed by atoms with Gasteiger partial charge < -0.3 is 10.6 Å². The number of carbonyl (C=O) groups is 1. The molecule has 2 N–H and O–H groups in total. The van der Waals surface area contributed by atoms with Crippen molar-refractivity contribution in [2.24, 2.45) is 0 Å². The molecule has 0 spiro atoms. The molecule has 0 unspecified atom stereocenters.